The van der Waals surface area contributed by atoms with E-state index in [1.54, 1.807) is 58.0 Å². The Kier molecular flexibility index (Phi) is 5.56. The van der Waals surface area contributed by atoms with Gasteiger partial charge >= 0.3 is 0 Å². The fourth-order valence-electron chi connectivity index (χ4n) is 2.21. The molecule has 0 fully saturated rings. The maximum atomic E-state index is 12.5. The van der Waals surface area contributed by atoms with Crippen molar-refractivity contribution in [3.63, 3.8) is 0 Å². The van der Waals surface area contributed by atoms with Crippen molar-refractivity contribution in [2.75, 3.05) is 5.32 Å². The number of amides is 1. The van der Waals surface area contributed by atoms with Gasteiger partial charge in [0.25, 0.3) is 5.91 Å². The van der Waals surface area contributed by atoms with Crippen molar-refractivity contribution in [3.05, 3.63) is 58.6 Å². The summed E-state index contributed by atoms with van der Waals surface area (Å²) in [5.41, 5.74) is 0.943. The molecule has 0 aliphatic rings. The Morgan fingerprint density at radius 2 is 1.64 bits per heavy atom. The third kappa shape index (κ3) is 5.29. The van der Waals surface area contributed by atoms with Gasteiger partial charge in [-0.05, 0) is 69.7 Å². The molecule has 5 nitrogen and oxygen atoms in total. The smallest absolute Gasteiger partial charge is 0.255 e. The molecule has 1 amide bonds. The van der Waals surface area contributed by atoms with Crippen LogP contribution in [0.15, 0.2) is 47.4 Å². The van der Waals surface area contributed by atoms with Crippen LogP contribution in [0.3, 0.4) is 0 Å². The van der Waals surface area contributed by atoms with Crippen molar-refractivity contribution in [2.24, 2.45) is 0 Å². The molecule has 0 saturated carbocycles. The maximum absolute atomic E-state index is 12.5. The van der Waals surface area contributed by atoms with Crippen molar-refractivity contribution < 1.29 is 13.2 Å². The number of benzene rings is 2. The molecule has 0 unspecified atom stereocenters. The minimum Gasteiger partial charge on any atom is -0.322 e. The number of carbonyl (C=O) groups excluding carboxylic acids is 1. The van der Waals surface area contributed by atoms with E-state index in [0.717, 1.165) is 0 Å². The highest BCUT2D eigenvalue weighted by Gasteiger charge is 2.23. The predicted molar refractivity (Wildman–Crippen MR) is 101 cm³/mol. The Balaban J connectivity index is 2.32. The number of halogens is 1. The molecule has 0 bridgehead atoms. The highest BCUT2D eigenvalue weighted by molar-refractivity contribution is 7.89. The average molecular weight is 381 g/mol. The molecule has 2 aromatic rings. The van der Waals surface area contributed by atoms with Gasteiger partial charge < -0.3 is 5.32 Å². The average Bonchev–Trinajstić information content (AvgIpc) is 2.47. The third-order valence-corrected chi connectivity index (χ3v) is 5.31. The number of nitrogens with one attached hydrogen (secondary N) is 2. The summed E-state index contributed by atoms with van der Waals surface area (Å²) in [5, 5.41) is 3.31. The van der Waals surface area contributed by atoms with Crippen molar-refractivity contribution in [3.8, 4) is 0 Å². The molecule has 2 rings (SSSR count). The summed E-state index contributed by atoms with van der Waals surface area (Å²) in [6.07, 6.45) is 0. The molecule has 25 heavy (non-hydrogen) atoms. The molecule has 7 heteroatoms. The fourth-order valence-corrected chi connectivity index (χ4v) is 3.78. The van der Waals surface area contributed by atoms with Crippen LogP contribution in [0.1, 0.15) is 36.7 Å². The van der Waals surface area contributed by atoms with Crippen molar-refractivity contribution in [1.29, 1.82) is 0 Å². The van der Waals surface area contributed by atoms with Crippen LogP contribution >= 0.6 is 11.6 Å². The van der Waals surface area contributed by atoms with Gasteiger partial charge in [-0.1, -0.05) is 17.7 Å². The Morgan fingerprint density at radius 3 is 2.20 bits per heavy atom. The maximum Gasteiger partial charge on any atom is 0.255 e. The number of sulfonamides is 1. The minimum absolute atomic E-state index is 0.0503. The van der Waals surface area contributed by atoms with Gasteiger partial charge in [-0.15, -0.1) is 0 Å². The van der Waals surface area contributed by atoms with Crippen LogP contribution in [-0.4, -0.2) is 19.9 Å². The molecule has 134 valence electrons. The van der Waals surface area contributed by atoms with Gasteiger partial charge in [-0.2, -0.15) is 0 Å². The normalized spacial score (nSPS) is 12.0. The zero-order chi connectivity index (χ0) is 18.8. The minimum atomic E-state index is -3.72. The van der Waals surface area contributed by atoms with Crippen LogP contribution in [0.2, 0.25) is 5.02 Å². The number of carbonyl (C=O) groups is 1. The largest absolute Gasteiger partial charge is 0.322 e. The van der Waals surface area contributed by atoms with Crippen LogP contribution in [0.4, 0.5) is 5.69 Å². The topological polar surface area (TPSA) is 75.3 Å². The van der Waals surface area contributed by atoms with Crippen molar-refractivity contribution >= 4 is 33.2 Å². The predicted octanol–water partition coefficient (Wildman–Crippen LogP) is 3.98. The Bertz CT molecular complexity index is 886. The highest BCUT2D eigenvalue weighted by Crippen LogP contribution is 2.20. The molecule has 0 atom stereocenters. The molecular weight excluding hydrogens is 360 g/mol. The van der Waals surface area contributed by atoms with Crippen molar-refractivity contribution in [1.82, 2.24) is 4.72 Å². The molecular formula is C18H21ClN2O3S. The third-order valence-electron chi connectivity index (χ3n) is 3.31. The fraction of sp³-hybridized carbons (Fsp3) is 0.278. The summed E-state index contributed by atoms with van der Waals surface area (Å²) >= 11 is 5.83. The first kappa shape index (κ1) is 19.4. The lowest BCUT2D eigenvalue weighted by atomic mass is 10.1. The zero-order valence-corrected chi connectivity index (χ0v) is 16.1. The number of anilines is 1. The van der Waals surface area contributed by atoms with E-state index in [-0.39, 0.29) is 10.8 Å². The number of hydrogen-bond acceptors (Lipinski definition) is 3. The first-order valence-electron chi connectivity index (χ1n) is 7.69. The van der Waals surface area contributed by atoms with E-state index in [1.807, 2.05) is 0 Å². The molecule has 0 aliphatic carbocycles. The summed E-state index contributed by atoms with van der Waals surface area (Å²) in [4.78, 5) is 12.6. The first-order chi connectivity index (χ1) is 11.5. The monoisotopic (exact) mass is 380 g/mol. The second-order valence-electron chi connectivity index (χ2n) is 6.79. The molecule has 0 saturated heterocycles. The molecule has 2 aromatic carbocycles. The van der Waals surface area contributed by atoms with E-state index in [9.17, 15) is 13.2 Å². The van der Waals surface area contributed by atoms with E-state index >= 15 is 0 Å². The van der Waals surface area contributed by atoms with Gasteiger partial charge in [-0.25, -0.2) is 13.1 Å². The molecule has 2 N–H and O–H groups in total. The lowest BCUT2D eigenvalue weighted by molar-refractivity contribution is 0.102. The Labute approximate surface area is 153 Å². The molecule has 0 spiro atoms. The molecule has 0 aromatic heterocycles. The molecule has 0 aliphatic heterocycles. The van der Waals surface area contributed by atoms with Gasteiger partial charge in [0.05, 0.1) is 4.90 Å². The van der Waals surface area contributed by atoms with Gasteiger partial charge in [0.1, 0.15) is 0 Å². The standard InChI is InChI=1S/C18H21ClN2O3S/c1-12-5-10-15(25(23,24)21-18(2,3)4)11-16(12)17(22)20-14-8-6-13(19)7-9-14/h5-11,21H,1-4H3,(H,20,22). The number of aryl methyl sites for hydroxylation is 1. The van der Waals surface area contributed by atoms with Crippen molar-refractivity contribution in [2.45, 2.75) is 38.1 Å². The van der Waals surface area contributed by atoms with Gasteiger partial charge in [0.15, 0.2) is 0 Å². The number of rotatable bonds is 4. The van der Waals surface area contributed by atoms with Crippen LogP contribution in [0.25, 0.3) is 0 Å². The van der Waals surface area contributed by atoms with Gasteiger partial charge in [0, 0.05) is 21.8 Å². The van der Waals surface area contributed by atoms with E-state index in [4.69, 9.17) is 11.6 Å². The summed E-state index contributed by atoms with van der Waals surface area (Å²) in [6, 6.07) is 11.2. The summed E-state index contributed by atoms with van der Waals surface area (Å²) in [7, 11) is -3.72. The van der Waals surface area contributed by atoms with Crippen LogP contribution in [-0.2, 0) is 10.0 Å². The lowest BCUT2D eigenvalue weighted by Gasteiger charge is -2.20. The lowest BCUT2D eigenvalue weighted by Crippen LogP contribution is -2.40. The Morgan fingerprint density at radius 1 is 1.04 bits per heavy atom. The summed E-state index contributed by atoms with van der Waals surface area (Å²) in [5.74, 6) is -0.382. The van der Waals surface area contributed by atoms with Crippen LogP contribution in [0, 0.1) is 6.92 Å². The first-order valence-corrected chi connectivity index (χ1v) is 9.56. The van der Waals surface area contributed by atoms with E-state index in [1.165, 1.54) is 12.1 Å². The van der Waals surface area contributed by atoms with E-state index in [0.29, 0.717) is 21.8 Å². The SMILES string of the molecule is Cc1ccc(S(=O)(=O)NC(C)(C)C)cc1C(=O)Nc1ccc(Cl)cc1. The van der Waals surface area contributed by atoms with Gasteiger partial charge in [0.2, 0.25) is 10.0 Å². The van der Waals surface area contributed by atoms with E-state index < -0.39 is 15.6 Å². The Hall–Kier alpha value is -1.89. The summed E-state index contributed by atoms with van der Waals surface area (Å²) in [6.45, 7) is 7.02. The zero-order valence-electron chi connectivity index (χ0n) is 14.6. The van der Waals surface area contributed by atoms with Gasteiger partial charge in [-0.3, -0.25) is 4.79 Å². The quantitative estimate of drug-likeness (QED) is 0.842. The second kappa shape index (κ2) is 7.15. The number of hydrogen-bond donors (Lipinski definition) is 2. The van der Waals surface area contributed by atoms with E-state index in [2.05, 4.69) is 10.0 Å². The second-order valence-corrected chi connectivity index (χ2v) is 8.91. The molecule has 0 heterocycles. The van der Waals surface area contributed by atoms with Crippen LogP contribution < -0.4 is 10.0 Å². The summed E-state index contributed by atoms with van der Waals surface area (Å²) < 4.78 is 27.5. The highest BCUT2D eigenvalue weighted by atomic mass is 35.5. The molecule has 0 radical (unpaired) electrons. The van der Waals surface area contributed by atoms with Crippen LogP contribution in [0.5, 0.6) is 0 Å².